The maximum Gasteiger partial charge on any atom is 0.274 e. The van der Waals surface area contributed by atoms with Crippen LogP contribution in [-0.2, 0) is 17.6 Å². The van der Waals surface area contributed by atoms with Crippen LogP contribution in [-0.4, -0.2) is 36.7 Å². The molecule has 2 aliphatic rings. The Morgan fingerprint density at radius 3 is 2.79 bits per heavy atom. The van der Waals surface area contributed by atoms with Crippen molar-refractivity contribution in [1.82, 2.24) is 10.5 Å². The lowest BCUT2D eigenvalue weighted by Gasteiger charge is -2.33. The highest BCUT2D eigenvalue weighted by atomic mass is 16.5. The van der Waals surface area contributed by atoms with Crippen LogP contribution in [0.2, 0.25) is 0 Å². The van der Waals surface area contributed by atoms with Crippen molar-refractivity contribution in [3.8, 4) is 5.75 Å². The highest BCUT2D eigenvalue weighted by Crippen LogP contribution is 2.38. The predicted octanol–water partition coefficient (Wildman–Crippen LogP) is 2.98. The average molecular weight is 397 g/mol. The summed E-state index contributed by atoms with van der Waals surface area (Å²) in [5, 5.41) is 6.84. The number of likely N-dealkylation sites (N-methyl/N-ethyl adjacent to an activating group) is 1. The molecule has 2 heterocycles. The van der Waals surface area contributed by atoms with Crippen LogP contribution >= 0.6 is 0 Å². The summed E-state index contributed by atoms with van der Waals surface area (Å²) in [4.78, 5) is 27.4. The van der Waals surface area contributed by atoms with Gasteiger partial charge in [-0.15, -0.1) is 0 Å². The van der Waals surface area contributed by atoms with Gasteiger partial charge in [-0.3, -0.25) is 9.59 Å². The maximum atomic E-state index is 13.0. The van der Waals surface area contributed by atoms with E-state index >= 15 is 0 Å². The molecule has 0 bridgehead atoms. The molecule has 1 aromatic carbocycles. The number of ether oxygens (including phenoxy) is 1. The number of anilines is 1. The first kappa shape index (κ1) is 19.5. The van der Waals surface area contributed by atoms with Crippen LogP contribution in [0, 0.1) is 11.3 Å². The molecule has 2 amide bonds. The summed E-state index contributed by atoms with van der Waals surface area (Å²) in [6.45, 7) is 6.71. The first-order chi connectivity index (χ1) is 13.8. The second-order valence-corrected chi connectivity index (χ2v) is 8.94. The fourth-order valence-electron chi connectivity index (χ4n) is 4.10. The van der Waals surface area contributed by atoms with Gasteiger partial charge in [0.05, 0.1) is 5.69 Å². The van der Waals surface area contributed by atoms with Gasteiger partial charge >= 0.3 is 0 Å². The average Bonchev–Trinajstić information content (AvgIpc) is 3.08. The Kier molecular flexibility index (Phi) is 4.84. The molecule has 2 aromatic rings. The lowest BCUT2D eigenvalue weighted by molar-refractivity contribution is -0.120. The molecule has 7 nitrogen and oxygen atoms in total. The summed E-state index contributed by atoms with van der Waals surface area (Å²) < 4.78 is 11.2. The SMILES string of the molecule is CN1C(=O)[C@@H](NC(=O)c2noc3c2CC(C(C)(C)C)CC3)COc2ccccc21. The normalized spacial score (nSPS) is 21.7. The van der Waals surface area contributed by atoms with E-state index in [0.717, 1.165) is 30.6 Å². The monoisotopic (exact) mass is 397 g/mol. The van der Waals surface area contributed by atoms with Crippen molar-refractivity contribution in [2.45, 2.75) is 46.1 Å². The standard InChI is InChI=1S/C22H27N3O4/c1-22(2,3)13-9-10-17-14(11-13)19(24-29-17)20(26)23-15-12-28-18-8-6-5-7-16(18)25(4)21(15)27/h5-8,13,15H,9-12H2,1-4H3,(H,23,26)/t13?,15-/m0/s1. The van der Waals surface area contributed by atoms with Crippen LogP contribution in [0.15, 0.2) is 28.8 Å². The topological polar surface area (TPSA) is 84.7 Å². The van der Waals surface area contributed by atoms with Crippen LogP contribution in [0.5, 0.6) is 5.75 Å². The molecule has 0 saturated heterocycles. The minimum absolute atomic E-state index is 0.0661. The van der Waals surface area contributed by atoms with Crippen LogP contribution in [0.4, 0.5) is 5.69 Å². The maximum absolute atomic E-state index is 13.0. The zero-order valence-corrected chi connectivity index (χ0v) is 17.3. The van der Waals surface area contributed by atoms with E-state index in [1.54, 1.807) is 7.05 Å². The van der Waals surface area contributed by atoms with Crippen LogP contribution in [0.25, 0.3) is 0 Å². The van der Waals surface area contributed by atoms with Crippen LogP contribution in [0.3, 0.4) is 0 Å². The Labute approximate surface area is 170 Å². The molecule has 1 N–H and O–H groups in total. The van der Waals surface area contributed by atoms with Gasteiger partial charge in [0.25, 0.3) is 11.8 Å². The molecular weight excluding hydrogens is 370 g/mol. The van der Waals surface area contributed by atoms with Gasteiger partial charge in [-0.25, -0.2) is 0 Å². The fraction of sp³-hybridized carbons (Fsp3) is 0.500. The van der Waals surface area contributed by atoms with E-state index in [9.17, 15) is 9.59 Å². The number of benzene rings is 1. The summed E-state index contributed by atoms with van der Waals surface area (Å²) in [7, 11) is 1.68. The highest BCUT2D eigenvalue weighted by Gasteiger charge is 2.36. The summed E-state index contributed by atoms with van der Waals surface area (Å²) in [6, 6.07) is 6.53. The number of rotatable bonds is 2. The van der Waals surface area contributed by atoms with Gasteiger partial charge in [0, 0.05) is 19.0 Å². The van der Waals surface area contributed by atoms with Gasteiger partial charge in [-0.1, -0.05) is 38.1 Å². The first-order valence-electron chi connectivity index (χ1n) is 10.0. The van der Waals surface area contributed by atoms with Crippen molar-refractivity contribution in [3.63, 3.8) is 0 Å². The Bertz CT molecular complexity index is 944. The van der Waals surface area contributed by atoms with E-state index in [2.05, 4.69) is 31.2 Å². The summed E-state index contributed by atoms with van der Waals surface area (Å²) in [5.41, 5.74) is 1.97. The first-order valence-corrected chi connectivity index (χ1v) is 10.0. The number of hydrogen-bond donors (Lipinski definition) is 1. The number of fused-ring (bicyclic) bond motifs is 2. The van der Waals surface area contributed by atoms with Crippen molar-refractivity contribution in [2.24, 2.45) is 11.3 Å². The van der Waals surface area contributed by atoms with E-state index in [0.29, 0.717) is 17.4 Å². The van der Waals surface area contributed by atoms with Crippen molar-refractivity contribution < 1.29 is 18.8 Å². The molecule has 154 valence electrons. The van der Waals surface area contributed by atoms with Crippen LogP contribution in [0.1, 0.15) is 49.0 Å². The number of carbonyl (C=O) groups excluding carboxylic acids is 2. The van der Waals surface area contributed by atoms with Crippen LogP contribution < -0.4 is 15.0 Å². The lowest BCUT2D eigenvalue weighted by atomic mass is 9.71. The second kappa shape index (κ2) is 7.21. The number of carbonyl (C=O) groups is 2. The van der Waals surface area contributed by atoms with Crippen molar-refractivity contribution in [3.05, 3.63) is 41.3 Å². The molecule has 1 unspecified atom stereocenters. The van der Waals surface area contributed by atoms with E-state index in [1.165, 1.54) is 4.90 Å². The van der Waals surface area contributed by atoms with Gasteiger partial charge in [0.15, 0.2) is 5.69 Å². The summed E-state index contributed by atoms with van der Waals surface area (Å²) in [6.07, 6.45) is 2.55. The molecule has 0 fully saturated rings. The largest absolute Gasteiger partial charge is 0.489 e. The minimum Gasteiger partial charge on any atom is -0.489 e. The lowest BCUT2D eigenvalue weighted by Crippen LogP contribution is -2.49. The second-order valence-electron chi connectivity index (χ2n) is 8.94. The minimum atomic E-state index is -0.797. The number of amides is 2. The molecule has 1 aromatic heterocycles. The van der Waals surface area contributed by atoms with E-state index < -0.39 is 11.9 Å². The molecule has 0 saturated carbocycles. The van der Waals surface area contributed by atoms with E-state index in [-0.39, 0.29) is 23.6 Å². The predicted molar refractivity (Wildman–Crippen MR) is 108 cm³/mol. The number of aromatic nitrogens is 1. The Morgan fingerprint density at radius 2 is 2.03 bits per heavy atom. The van der Waals surface area contributed by atoms with Gasteiger partial charge in [-0.05, 0) is 36.3 Å². The Hall–Kier alpha value is -2.83. The van der Waals surface area contributed by atoms with E-state index in [4.69, 9.17) is 9.26 Å². The third kappa shape index (κ3) is 3.61. The van der Waals surface area contributed by atoms with E-state index in [1.807, 2.05) is 24.3 Å². The zero-order valence-electron chi connectivity index (χ0n) is 17.3. The molecular formula is C22H27N3O4. The fourth-order valence-corrected chi connectivity index (χ4v) is 4.10. The number of nitrogens with zero attached hydrogens (tertiary/aromatic N) is 2. The molecule has 29 heavy (non-hydrogen) atoms. The number of nitrogens with one attached hydrogen (secondary N) is 1. The number of aryl methyl sites for hydroxylation is 1. The van der Waals surface area contributed by atoms with Crippen molar-refractivity contribution >= 4 is 17.5 Å². The summed E-state index contributed by atoms with van der Waals surface area (Å²) in [5.74, 6) is 1.22. The molecule has 1 aliphatic carbocycles. The highest BCUT2D eigenvalue weighted by molar-refractivity contribution is 6.03. The molecule has 7 heteroatoms. The Balaban J connectivity index is 1.53. The third-order valence-corrected chi connectivity index (χ3v) is 6.05. The van der Waals surface area contributed by atoms with Crippen molar-refractivity contribution in [1.29, 1.82) is 0 Å². The summed E-state index contributed by atoms with van der Waals surface area (Å²) >= 11 is 0. The van der Waals surface area contributed by atoms with Gasteiger partial charge in [0.2, 0.25) is 0 Å². The zero-order chi connectivity index (χ0) is 20.8. The molecule has 1 aliphatic heterocycles. The van der Waals surface area contributed by atoms with Gasteiger partial charge in [-0.2, -0.15) is 0 Å². The number of para-hydroxylation sites is 2. The number of hydrogen-bond acceptors (Lipinski definition) is 5. The van der Waals surface area contributed by atoms with Gasteiger partial charge < -0.3 is 19.5 Å². The van der Waals surface area contributed by atoms with Crippen molar-refractivity contribution in [2.75, 3.05) is 18.6 Å². The molecule has 0 spiro atoms. The Morgan fingerprint density at radius 1 is 1.28 bits per heavy atom. The third-order valence-electron chi connectivity index (χ3n) is 6.05. The smallest absolute Gasteiger partial charge is 0.274 e. The molecule has 0 radical (unpaired) electrons. The van der Waals surface area contributed by atoms with Gasteiger partial charge in [0.1, 0.15) is 24.2 Å². The quantitative estimate of drug-likeness (QED) is 0.842. The molecule has 4 rings (SSSR count). The molecule has 2 atom stereocenters.